The number of hydrogen-bond acceptors (Lipinski definition) is 6. The van der Waals surface area contributed by atoms with Crippen LogP contribution in [0.2, 0.25) is 0 Å². The van der Waals surface area contributed by atoms with Gasteiger partial charge in [0, 0.05) is 18.7 Å². The molecule has 0 atom stereocenters. The van der Waals surface area contributed by atoms with E-state index in [2.05, 4.69) is 5.32 Å². The fourth-order valence-electron chi connectivity index (χ4n) is 2.72. The highest BCUT2D eigenvalue weighted by Gasteiger charge is 2.23. The Morgan fingerprint density at radius 2 is 1.68 bits per heavy atom. The van der Waals surface area contributed by atoms with E-state index in [1.54, 1.807) is 7.11 Å². The molecule has 0 aliphatic carbocycles. The summed E-state index contributed by atoms with van der Waals surface area (Å²) in [6.07, 6.45) is 0.586. The molecule has 2 rings (SSSR count). The van der Waals surface area contributed by atoms with Gasteiger partial charge in [0.15, 0.2) is 0 Å². The summed E-state index contributed by atoms with van der Waals surface area (Å²) in [5.74, 6) is 0.131. The fraction of sp³-hybridized carbons (Fsp3) is 0.316. The first-order valence-electron chi connectivity index (χ1n) is 8.50. The van der Waals surface area contributed by atoms with E-state index in [0.29, 0.717) is 13.0 Å². The number of hydrogen-bond donors (Lipinski definition) is 1. The number of nitro groups is 2. The Balaban J connectivity index is 2.09. The highest BCUT2D eigenvalue weighted by Crippen LogP contribution is 2.29. The van der Waals surface area contributed by atoms with Crippen LogP contribution in [0.4, 0.5) is 11.4 Å². The molecular formula is C19H21N3O6. The Morgan fingerprint density at radius 1 is 1.07 bits per heavy atom. The van der Waals surface area contributed by atoms with Crippen LogP contribution < -0.4 is 10.1 Å². The summed E-state index contributed by atoms with van der Waals surface area (Å²) in [6.45, 7) is 4.33. The summed E-state index contributed by atoms with van der Waals surface area (Å²) >= 11 is 0. The van der Waals surface area contributed by atoms with E-state index in [-0.39, 0.29) is 11.0 Å². The molecular weight excluding hydrogens is 366 g/mol. The number of non-ortho nitro benzene ring substituents is 2. The lowest BCUT2D eigenvalue weighted by molar-refractivity contribution is -0.394. The molecule has 9 heteroatoms. The average Bonchev–Trinajstić information content (AvgIpc) is 2.67. The van der Waals surface area contributed by atoms with Crippen molar-refractivity contribution in [2.24, 2.45) is 0 Å². The molecule has 1 N–H and O–H groups in total. The lowest BCUT2D eigenvalue weighted by atomic mass is 9.81. The van der Waals surface area contributed by atoms with Crippen LogP contribution in [-0.4, -0.2) is 29.4 Å². The second-order valence-corrected chi connectivity index (χ2v) is 6.87. The molecule has 0 fully saturated rings. The van der Waals surface area contributed by atoms with Crippen molar-refractivity contribution < 1.29 is 19.4 Å². The Morgan fingerprint density at radius 3 is 2.21 bits per heavy atom. The maximum absolute atomic E-state index is 12.3. The number of nitro benzene ring substituents is 2. The SMILES string of the molecule is COc1cccc(C(C)(C)CCNC(=O)c2cc([N+](=O)[O-])cc([N+](=O)[O-])c2)c1. The van der Waals surface area contributed by atoms with Crippen LogP contribution in [0.15, 0.2) is 42.5 Å². The molecule has 0 bridgehead atoms. The first-order valence-corrected chi connectivity index (χ1v) is 8.50. The average molecular weight is 387 g/mol. The third-order valence-electron chi connectivity index (χ3n) is 4.47. The molecule has 1 amide bonds. The Bertz CT molecular complexity index is 878. The van der Waals surface area contributed by atoms with E-state index < -0.39 is 27.1 Å². The Hall–Kier alpha value is -3.49. The topological polar surface area (TPSA) is 125 Å². The van der Waals surface area contributed by atoms with E-state index in [1.807, 2.05) is 38.1 Å². The maximum atomic E-state index is 12.3. The molecule has 0 aromatic heterocycles. The number of nitrogens with zero attached hydrogens (tertiary/aromatic N) is 2. The van der Waals surface area contributed by atoms with Crippen LogP contribution >= 0.6 is 0 Å². The number of amides is 1. The molecule has 0 radical (unpaired) electrons. The smallest absolute Gasteiger partial charge is 0.277 e. The number of methoxy groups -OCH3 is 1. The number of carbonyl (C=O) groups is 1. The molecule has 0 spiro atoms. The molecule has 0 aliphatic rings. The quantitative estimate of drug-likeness (QED) is 0.545. The molecule has 0 saturated carbocycles. The minimum atomic E-state index is -0.768. The van der Waals surface area contributed by atoms with E-state index in [4.69, 9.17) is 4.74 Å². The summed E-state index contributed by atoms with van der Waals surface area (Å²) in [5, 5.41) is 24.6. The highest BCUT2D eigenvalue weighted by atomic mass is 16.6. The summed E-state index contributed by atoms with van der Waals surface area (Å²) in [4.78, 5) is 32.7. The molecule has 0 aliphatic heterocycles. The van der Waals surface area contributed by atoms with Crippen molar-refractivity contribution in [3.8, 4) is 5.75 Å². The van der Waals surface area contributed by atoms with Gasteiger partial charge in [0.05, 0.1) is 28.6 Å². The summed E-state index contributed by atoms with van der Waals surface area (Å²) in [5.41, 5.74) is -0.365. The van der Waals surface area contributed by atoms with Crippen LogP contribution in [0.1, 0.15) is 36.2 Å². The van der Waals surface area contributed by atoms with Crippen LogP contribution in [0.3, 0.4) is 0 Å². The van der Waals surface area contributed by atoms with E-state index >= 15 is 0 Å². The van der Waals surface area contributed by atoms with Gasteiger partial charge in [-0.1, -0.05) is 26.0 Å². The Labute approximate surface area is 161 Å². The van der Waals surface area contributed by atoms with Crippen LogP contribution in [0.25, 0.3) is 0 Å². The lowest BCUT2D eigenvalue weighted by Gasteiger charge is -2.26. The van der Waals surface area contributed by atoms with E-state index in [9.17, 15) is 25.0 Å². The standard InChI is InChI=1S/C19H21N3O6/c1-19(2,14-5-4-6-17(11-14)28-3)7-8-20-18(23)13-9-15(21(24)25)12-16(10-13)22(26)27/h4-6,9-12H,7-8H2,1-3H3,(H,20,23). The first-order chi connectivity index (χ1) is 13.1. The predicted octanol–water partition coefficient (Wildman–Crippen LogP) is 3.61. The molecule has 0 saturated heterocycles. The van der Waals surface area contributed by atoms with Gasteiger partial charge in [-0.2, -0.15) is 0 Å². The van der Waals surface area contributed by atoms with Gasteiger partial charge in [0.1, 0.15) is 5.75 Å². The summed E-state index contributed by atoms with van der Waals surface area (Å²) in [6, 6.07) is 10.5. The van der Waals surface area contributed by atoms with Crippen LogP contribution in [0.5, 0.6) is 5.75 Å². The number of benzene rings is 2. The number of carbonyl (C=O) groups excluding carboxylic acids is 1. The fourth-order valence-corrected chi connectivity index (χ4v) is 2.72. The predicted molar refractivity (Wildman–Crippen MR) is 103 cm³/mol. The zero-order valence-corrected chi connectivity index (χ0v) is 15.8. The molecule has 0 unspecified atom stereocenters. The minimum absolute atomic E-state index is 0.125. The van der Waals surface area contributed by atoms with Crippen molar-refractivity contribution in [2.75, 3.05) is 13.7 Å². The number of nitrogens with one attached hydrogen (secondary N) is 1. The van der Waals surface area contributed by atoms with Gasteiger partial charge in [-0.3, -0.25) is 25.0 Å². The largest absolute Gasteiger partial charge is 0.497 e. The van der Waals surface area contributed by atoms with E-state index in [0.717, 1.165) is 29.5 Å². The molecule has 148 valence electrons. The van der Waals surface area contributed by atoms with Gasteiger partial charge in [-0.25, -0.2) is 0 Å². The van der Waals surface area contributed by atoms with Crippen LogP contribution in [-0.2, 0) is 5.41 Å². The minimum Gasteiger partial charge on any atom is -0.497 e. The lowest BCUT2D eigenvalue weighted by Crippen LogP contribution is -2.30. The third-order valence-corrected chi connectivity index (χ3v) is 4.47. The zero-order chi connectivity index (χ0) is 20.9. The van der Waals surface area contributed by atoms with Gasteiger partial charge in [-0.05, 0) is 29.5 Å². The maximum Gasteiger partial charge on any atom is 0.277 e. The van der Waals surface area contributed by atoms with Crippen molar-refractivity contribution >= 4 is 17.3 Å². The van der Waals surface area contributed by atoms with Crippen molar-refractivity contribution in [1.29, 1.82) is 0 Å². The van der Waals surface area contributed by atoms with Gasteiger partial charge in [-0.15, -0.1) is 0 Å². The van der Waals surface area contributed by atoms with Gasteiger partial charge >= 0.3 is 0 Å². The summed E-state index contributed by atoms with van der Waals surface area (Å²) in [7, 11) is 1.59. The van der Waals surface area contributed by atoms with Crippen molar-refractivity contribution in [1.82, 2.24) is 5.32 Å². The Kier molecular flexibility index (Phi) is 6.29. The van der Waals surface area contributed by atoms with Gasteiger partial charge in [0.2, 0.25) is 0 Å². The van der Waals surface area contributed by atoms with E-state index in [1.165, 1.54) is 0 Å². The van der Waals surface area contributed by atoms with Gasteiger partial charge < -0.3 is 10.1 Å². The van der Waals surface area contributed by atoms with Crippen LogP contribution in [0, 0.1) is 20.2 Å². The number of ether oxygens (including phenoxy) is 1. The second-order valence-electron chi connectivity index (χ2n) is 6.87. The number of rotatable bonds is 8. The third kappa shape index (κ3) is 5.03. The second kappa shape index (κ2) is 8.47. The highest BCUT2D eigenvalue weighted by molar-refractivity contribution is 5.95. The van der Waals surface area contributed by atoms with Crippen molar-refractivity contribution in [3.63, 3.8) is 0 Å². The molecule has 2 aromatic rings. The molecule has 0 heterocycles. The van der Waals surface area contributed by atoms with Crippen molar-refractivity contribution in [2.45, 2.75) is 25.7 Å². The van der Waals surface area contributed by atoms with Gasteiger partial charge in [0.25, 0.3) is 17.3 Å². The normalized spacial score (nSPS) is 11.0. The monoisotopic (exact) mass is 387 g/mol. The summed E-state index contributed by atoms with van der Waals surface area (Å²) < 4.78 is 5.23. The van der Waals surface area contributed by atoms with Crippen molar-refractivity contribution in [3.05, 3.63) is 73.8 Å². The zero-order valence-electron chi connectivity index (χ0n) is 15.8. The molecule has 9 nitrogen and oxygen atoms in total. The molecule has 28 heavy (non-hydrogen) atoms. The molecule has 2 aromatic carbocycles. The first kappa shape index (κ1) is 20.8.